The number of likely N-dealkylation sites (tertiary alicyclic amines) is 1. The number of carbonyl (C=O) groups excluding carboxylic acids is 1. The maximum Gasteiger partial charge on any atom is 0.256 e. The molecule has 5 heteroatoms. The third-order valence-electron chi connectivity index (χ3n) is 2.06. The van der Waals surface area contributed by atoms with E-state index in [0.29, 0.717) is 6.54 Å². The lowest BCUT2D eigenvalue weighted by Gasteiger charge is -2.23. The normalized spacial score (nSPS) is 23.7. The van der Waals surface area contributed by atoms with Crippen LogP contribution in [0.4, 0.5) is 0 Å². The van der Waals surface area contributed by atoms with Crippen molar-refractivity contribution in [2.24, 2.45) is 0 Å². The van der Waals surface area contributed by atoms with Crippen molar-refractivity contribution < 1.29 is 9.90 Å². The standard InChI is InChI=1S/C7H11Cl2NO2/c8-6(9)7(12)10-3-1-2-5(10)4-11/h5-6,11H,1-4H2/t5-/m0/s1. The van der Waals surface area contributed by atoms with Gasteiger partial charge in [-0.1, -0.05) is 23.2 Å². The SMILES string of the molecule is O=C(C(Cl)Cl)N1CCC[C@H]1CO. The number of alkyl halides is 2. The molecule has 0 bridgehead atoms. The molecule has 1 aliphatic heterocycles. The van der Waals surface area contributed by atoms with Crippen molar-refractivity contribution in [1.29, 1.82) is 0 Å². The summed E-state index contributed by atoms with van der Waals surface area (Å²) in [5.41, 5.74) is 0. The van der Waals surface area contributed by atoms with Crippen LogP contribution < -0.4 is 0 Å². The molecule has 0 saturated carbocycles. The number of nitrogens with zero attached hydrogens (tertiary/aromatic N) is 1. The summed E-state index contributed by atoms with van der Waals surface area (Å²) < 4.78 is 0. The Hall–Kier alpha value is 0.01000. The number of amides is 1. The fraction of sp³-hybridized carbons (Fsp3) is 0.857. The molecule has 0 unspecified atom stereocenters. The van der Waals surface area contributed by atoms with E-state index in [4.69, 9.17) is 28.3 Å². The van der Waals surface area contributed by atoms with E-state index in [0.717, 1.165) is 12.8 Å². The van der Waals surface area contributed by atoms with Crippen LogP contribution in [0.15, 0.2) is 0 Å². The fourth-order valence-corrected chi connectivity index (χ4v) is 1.69. The van der Waals surface area contributed by atoms with Gasteiger partial charge in [0.05, 0.1) is 12.6 Å². The first kappa shape index (κ1) is 10.1. The zero-order chi connectivity index (χ0) is 9.14. The molecule has 0 aliphatic carbocycles. The molecular weight excluding hydrogens is 201 g/mol. The van der Waals surface area contributed by atoms with Gasteiger partial charge in [-0.2, -0.15) is 0 Å². The first-order chi connectivity index (χ1) is 5.66. The quantitative estimate of drug-likeness (QED) is 0.687. The third kappa shape index (κ3) is 2.03. The molecule has 0 aromatic heterocycles. The zero-order valence-corrected chi connectivity index (χ0v) is 8.05. The molecule has 70 valence electrons. The van der Waals surface area contributed by atoms with Crippen LogP contribution in [-0.2, 0) is 4.79 Å². The summed E-state index contributed by atoms with van der Waals surface area (Å²) in [5.74, 6) is -0.296. The molecule has 1 rings (SSSR count). The maximum atomic E-state index is 11.3. The minimum absolute atomic E-state index is 0.00770. The molecule has 1 N–H and O–H groups in total. The lowest BCUT2D eigenvalue weighted by molar-refractivity contribution is -0.130. The molecule has 1 heterocycles. The Morgan fingerprint density at radius 2 is 2.33 bits per heavy atom. The molecule has 1 fully saturated rings. The van der Waals surface area contributed by atoms with E-state index < -0.39 is 4.84 Å². The number of hydrogen-bond acceptors (Lipinski definition) is 2. The summed E-state index contributed by atoms with van der Waals surface area (Å²) in [7, 11) is 0. The molecule has 1 saturated heterocycles. The first-order valence-electron chi connectivity index (χ1n) is 3.86. The fourth-order valence-electron chi connectivity index (χ4n) is 1.44. The highest BCUT2D eigenvalue weighted by Gasteiger charge is 2.30. The largest absolute Gasteiger partial charge is 0.394 e. The molecule has 0 radical (unpaired) electrons. The van der Waals surface area contributed by atoms with Gasteiger partial charge in [0.1, 0.15) is 0 Å². The average Bonchev–Trinajstić information content (AvgIpc) is 2.49. The van der Waals surface area contributed by atoms with E-state index >= 15 is 0 Å². The highest BCUT2D eigenvalue weighted by molar-refractivity contribution is 6.53. The smallest absolute Gasteiger partial charge is 0.256 e. The molecular formula is C7H11Cl2NO2. The van der Waals surface area contributed by atoms with E-state index in [1.54, 1.807) is 4.90 Å². The summed E-state index contributed by atoms with van der Waals surface area (Å²) >= 11 is 10.8. The predicted molar refractivity (Wildman–Crippen MR) is 47.3 cm³/mol. The van der Waals surface area contributed by atoms with E-state index in [1.165, 1.54) is 0 Å². The second kappa shape index (κ2) is 4.30. The molecule has 12 heavy (non-hydrogen) atoms. The third-order valence-corrected chi connectivity index (χ3v) is 2.43. The van der Waals surface area contributed by atoms with Crippen molar-refractivity contribution in [2.45, 2.75) is 23.7 Å². The van der Waals surface area contributed by atoms with Crippen molar-refractivity contribution in [3.8, 4) is 0 Å². The summed E-state index contributed by atoms with van der Waals surface area (Å²) in [4.78, 5) is 11.8. The molecule has 0 aromatic carbocycles. The van der Waals surface area contributed by atoms with Gasteiger partial charge in [0, 0.05) is 6.54 Å². The molecule has 0 spiro atoms. The van der Waals surface area contributed by atoms with Gasteiger partial charge in [-0.05, 0) is 12.8 Å². The Kier molecular flexibility index (Phi) is 3.62. The summed E-state index contributed by atoms with van der Waals surface area (Å²) in [6, 6.07) is -0.0856. The Morgan fingerprint density at radius 1 is 1.67 bits per heavy atom. The second-order valence-corrected chi connectivity index (χ2v) is 3.91. The number of aliphatic hydroxyl groups excluding tert-OH is 1. The van der Waals surface area contributed by atoms with E-state index in [-0.39, 0.29) is 18.6 Å². The van der Waals surface area contributed by atoms with Gasteiger partial charge in [-0.3, -0.25) is 4.79 Å². The summed E-state index contributed by atoms with van der Waals surface area (Å²) in [6.45, 7) is 0.645. The van der Waals surface area contributed by atoms with Crippen molar-refractivity contribution in [3.63, 3.8) is 0 Å². The predicted octanol–water partition coefficient (Wildman–Crippen LogP) is 0.773. The second-order valence-electron chi connectivity index (χ2n) is 2.81. The van der Waals surface area contributed by atoms with Gasteiger partial charge < -0.3 is 10.0 Å². The van der Waals surface area contributed by atoms with Crippen LogP contribution >= 0.6 is 23.2 Å². The molecule has 1 aliphatic rings. The Bertz CT molecular complexity index is 175. The van der Waals surface area contributed by atoms with E-state index in [9.17, 15) is 4.79 Å². The van der Waals surface area contributed by atoms with Crippen molar-refractivity contribution in [2.75, 3.05) is 13.2 Å². The highest BCUT2D eigenvalue weighted by Crippen LogP contribution is 2.20. The van der Waals surface area contributed by atoms with Gasteiger partial charge in [0.2, 0.25) is 0 Å². The minimum atomic E-state index is -1.00. The summed E-state index contributed by atoms with van der Waals surface area (Å²) in [5, 5.41) is 8.89. The minimum Gasteiger partial charge on any atom is -0.394 e. The Morgan fingerprint density at radius 3 is 2.83 bits per heavy atom. The van der Waals surface area contributed by atoms with Gasteiger partial charge in [-0.25, -0.2) is 0 Å². The monoisotopic (exact) mass is 211 g/mol. The lowest BCUT2D eigenvalue weighted by atomic mass is 10.2. The van der Waals surface area contributed by atoms with Crippen LogP contribution in [0, 0.1) is 0 Å². The topological polar surface area (TPSA) is 40.5 Å². The Balaban J connectivity index is 2.55. The molecule has 3 nitrogen and oxygen atoms in total. The summed E-state index contributed by atoms with van der Waals surface area (Å²) in [6.07, 6.45) is 1.75. The maximum absolute atomic E-state index is 11.3. The number of halogens is 2. The molecule has 0 aromatic rings. The van der Waals surface area contributed by atoms with Crippen molar-refractivity contribution >= 4 is 29.1 Å². The number of hydrogen-bond donors (Lipinski definition) is 1. The number of carbonyl (C=O) groups is 1. The van der Waals surface area contributed by atoms with Crippen LogP contribution in [0.3, 0.4) is 0 Å². The number of rotatable bonds is 2. The van der Waals surface area contributed by atoms with Crippen LogP contribution in [-0.4, -0.2) is 39.9 Å². The lowest BCUT2D eigenvalue weighted by Crippen LogP contribution is -2.40. The van der Waals surface area contributed by atoms with Crippen LogP contribution in [0.2, 0.25) is 0 Å². The van der Waals surface area contributed by atoms with Crippen LogP contribution in [0.1, 0.15) is 12.8 Å². The molecule has 1 atom stereocenters. The van der Waals surface area contributed by atoms with E-state index in [1.807, 2.05) is 0 Å². The van der Waals surface area contributed by atoms with Gasteiger partial charge in [0.25, 0.3) is 5.91 Å². The highest BCUT2D eigenvalue weighted by atomic mass is 35.5. The number of aliphatic hydroxyl groups is 1. The molecule has 1 amide bonds. The zero-order valence-electron chi connectivity index (χ0n) is 6.54. The Labute approximate surface area is 81.2 Å². The van der Waals surface area contributed by atoms with Crippen LogP contribution in [0.25, 0.3) is 0 Å². The average molecular weight is 212 g/mol. The van der Waals surface area contributed by atoms with Gasteiger partial charge >= 0.3 is 0 Å². The van der Waals surface area contributed by atoms with Gasteiger partial charge in [0.15, 0.2) is 4.84 Å². The van der Waals surface area contributed by atoms with Crippen LogP contribution in [0.5, 0.6) is 0 Å². The van der Waals surface area contributed by atoms with E-state index in [2.05, 4.69) is 0 Å². The first-order valence-corrected chi connectivity index (χ1v) is 4.73. The van der Waals surface area contributed by atoms with Crippen molar-refractivity contribution in [1.82, 2.24) is 4.90 Å². The van der Waals surface area contributed by atoms with Crippen molar-refractivity contribution in [3.05, 3.63) is 0 Å². The van der Waals surface area contributed by atoms with Gasteiger partial charge in [-0.15, -0.1) is 0 Å².